The van der Waals surface area contributed by atoms with Gasteiger partial charge in [0.15, 0.2) is 0 Å². The minimum Gasteiger partial charge on any atom is -0.349 e. The summed E-state index contributed by atoms with van der Waals surface area (Å²) in [6, 6.07) is 3.34. The van der Waals surface area contributed by atoms with Crippen molar-refractivity contribution in [2.45, 2.75) is 89.8 Å². The highest BCUT2D eigenvalue weighted by atomic mass is 35.5. The summed E-state index contributed by atoms with van der Waals surface area (Å²) in [6.07, 6.45) is 7.52. The molecule has 1 amide bonds. The summed E-state index contributed by atoms with van der Waals surface area (Å²) in [4.78, 5) is 18.0. The molecule has 0 spiro atoms. The Morgan fingerprint density at radius 1 is 1.21 bits per heavy atom. The van der Waals surface area contributed by atoms with E-state index in [2.05, 4.69) is 36.6 Å². The van der Waals surface area contributed by atoms with E-state index in [1.54, 1.807) is 0 Å². The van der Waals surface area contributed by atoms with Gasteiger partial charge in [-0.05, 0) is 56.4 Å². The molecule has 158 valence electrons. The Bertz CT molecular complexity index is 903. The van der Waals surface area contributed by atoms with Crippen LogP contribution in [-0.2, 0) is 6.42 Å². The van der Waals surface area contributed by atoms with Crippen molar-refractivity contribution in [2.75, 3.05) is 0 Å². The number of nitrogens with one attached hydrogen (secondary N) is 2. The Morgan fingerprint density at radius 3 is 2.52 bits per heavy atom. The van der Waals surface area contributed by atoms with Crippen LogP contribution in [0.1, 0.15) is 87.0 Å². The average Bonchev–Trinajstić information content (AvgIpc) is 3.33. The molecule has 29 heavy (non-hydrogen) atoms. The van der Waals surface area contributed by atoms with Crippen LogP contribution in [0.3, 0.4) is 0 Å². The molecule has 2 atom stereocenters. The van der Waals surface area contributed by atoms with E-state index < -0.39 is 0 Å². The number of halogens is 1. The third kappa shape index (κ3) is 4.29. The highest BCUT2D eigenvalue weighted by molar-refractivity contribution is 6.06. The molecule has 5 rings (SSSR count). The lowest BCUT2D eigenvalue weighted by molar-refractivity contribution is 0.0925. The molecule has 2 aromatic rings. The minimum absolute atomic E-state index is 0. The molecular formula is C22H31ClN4O2. The van der Waals surface area contributed by atoms with E-state index in [-0.39, 0.29) is 29.8 Å². The molecule has 1 saturated carbocycles. The summed E-state index contributed by atoms with van der Waals surface area (Å²) < 4.78 is 5.59. The molecule has 2 aromatic heterocycles. The monoisotopic (exact) mass is 418 g/mol. The maximum Gasteiger partial charge on any atom is 0.259 e. The average molecular weight is 419 g/mol. The van der Waals surface area contributed by atoms with Crippen molar-refractivity contribution >= 4 is 29.4 Å². The number of piperidine rings is 1. The molecule has 6 nitrogen and oxygen atoms in total. The summed E-state index contributed by atoms with van der Waals surface area (Å²) in [5.74, 6) is 0.459. The molecule has 2 unspecified atom stereocenters. The number of nitrogens with zero attached hydrogens (tertiary/aromatic N) is 2. The number of fused-ring (bicyclic) bond motifs is 3. The number of hydrogen-bond donors (Lipinski definition) is 2. The first-order valence-electron chi connectivity index (χ1n) is 10.7. The van der Waals surface area contributed by atoms with E-state index in [0.29, 0.717) is 29.3 Å². The predicted molar refractivity (Wildman–Crippen MR) is 115 cm³/mol. The lowest BCUT2D eigenvalue weighted by Gasteiger charge is -2.29. The quantitative estimate of drug-likeness (QED) is 0.780. The Kier molecular flexibility index (Phi) is 5.36. The third-order valence-corrected chi connectivity index (χ3v) is 6.28. The van der Waals surface area contributed by atoms with Crippen LogP contribution in [0.2, 0.25) is 0 Å². The molecule has 2 N–H and O–H groups in total. The van der Waals surface area contributed by atoms with Gasteiger partial charge in [-0.15, -0.1) is 12.4 Å². The summed E-state index contributed by atoms with van der Waals surface area (Å²) in [6.45, 7) is 6.51. The van der Waals surface area contributed by atoms with Crippen LogP contribution in [-0.4, -0.2) is 34.2 Å². The van der Waals surface area contributed by atoms with Crippen molar-refractivity contribution in [3.8, 4) is 0 Å². The molecular weight excluding hydrogens is 388 g/mol. The van der Waals surface area contributed by atoms with Crippen LogP contribution in [0.5, 0.6) is 0 Å². The Hall–Kier alpha value is -1.66. The first-order chi connectivity index (χ1) is 13.4. The standard InChI is InChI=1S/C22H30N4O2.ClH/c1-22(2,3)11-18-19-16(10-17(12-4-5-12)25-21(19)28-26-18)20(27)24-15-8-13-6-7-14(9-15)23-13;/h10,12-15,23H,4-9,11H2,1-3H3,(H,24,27);1H. The third-order valence-electron chi connectivity index (χ3n) is 6.28. The summed E-state index contributed by atoms with van der Waals surface area (Å²) in [7, 11) is 0. The van der Waals surface area contributed by atoms with Crippen molar-refractivity contribution in [2.24, 2.45) is 5.41 Å². The number of pyridine rings is 1. The molecule has 3 fully saturated rings. The SMILES string of the molecule is CC(C)(C)Cc1noc2nc(C3CC3)cc(C(=O)NC3CC4CCC(C3)N4)c12.Cl. The molecule has 0 aromatic carbocycles. The largest absolute Gasteiger partial charge is 0.349 e. The highest BCUT2D eigenvalue weighted by Gasteiger charge is 2.35. The molecule has 2 bridgehead atoms. The van der Waals surface area contributed by atoms with Gasteiger partial charge in [-0.25, -0.2) is 4.98 Å². The van der Waals surface area contributed by atoms with Crippen molar-refractivity contribution in [3.05, 3.63) is 23.0 Å². The van der Waals surface area contributed by atoms with Gasteiger partial charge < -0.3 is 15.2 Å². The minimum atomic E-state index is -0.000964. The number of amides is 1. The Labute approximate surface area is 178 Å². The van der Waals surface area contributed by atoms with Crippen molar-refractivity contribution in [3.63, 3.8) is 0 Å². The van der Waals surface area contributed by atoms with Crippen LogP contribution in [0, 0.1) is 5.41 Å². The second-order valence-corrected chi connectivity index (χ2v) is 10.2. The van der Waals surface area contributed by atoms with E-state index >= 15 is 0 Å². The Morgan fingerprint density at radius 2 is 1.90 bits per heavy atom. The number of rotatable bonds is 4. The maximum atomic E-state index is 13.3. The number of hydrogen-bond acceptors (Lipinski definition) is 5. The van der Waals surface area contributed by atoms with Gasteiger partial charge in [0.25, 0.3) is 11.6 Å². The number of aromatic nitrogens is 2. The zero-order chi connectivity index (χ0) is 19.5. The number of carbonyl (C=O) groups is 1. The normalized spacial score (nSPS) is 26.4. The molecule has 3 aliphatic rings. The summed E-state index contributed by atoms with van der Waals surface area (Å²) in [5.41, 5.74) is 3.08. The second-order valence-electron chi connectivity index (χ2n) is 10.2. The first kappa shape index (κ1) is 20.6. The van der Waals surface area contributed by atoms with E-state index in [9.17, 15) is 4.79 Å². The van der Waals surface area contributed by atoms with Crippen LogP contribution in [0.15, 0.2) is 10.6 Å². The van der Waals surface area contributed by atoms with Crippen molar-refractivity contribution in [1.82, 2.24) is 20.8 Å². The van der Waals surface area contributed by atoms with Gasteiger partial charge in [0, 0.05) is 29.7 Å². The van der Waals surface area contributed by atoms with E-state index in [4.69, 9.17) is 9.51 Å². The van der Waals surface area contributed by atoms with E-state index in [0.717, 1.165) is 48.9 Å². The predicted octanol–water partition coefficient (Wildman–Crippen LogP) is 4.12. The summed E-state index contributed by atoms with van der Waals surface area (Å²) >= 11 is 0. The molecule has 2 aliphatic heterocycles. The Balaban J connectivity index is 0.00000205. The van der Waals surface area contributed by atoms with Crippen molar-refractivity contribution in [1.29, 1.82) is 0 Å². The van der Waals surface area contributed by atoms with E-state index in [1.807, 2.05) is 6.07 Å². The van der Waals surface area contributed by atoms with Crippen molar-refractivity contribution < 1.29 is 9.32 Å². The highest BCUT2D eigenvalue weighted by Crippen LogP contribution is 2.41. The zero-order valence-corrected chi connectivity index (χ0v) is 18.3. The smallest absolute Gasteiger partial charge is 0.259 e. The van der Waals surface area contributed by atoms with Crippen LogP contribution >= 0.6 is 12.4 Å². The van der Waals surface area contributed by atoms with Gasteiger partial charge in [0.1, 0.15) is 0 Å². The zero-order valence-electron chi connectivity index (χ0n) is 17.5. The molecule has 0 radical (unpaired) electrons. The number of carbonyl (C=O) groups excluding carboxylic acids is 1. The van der Waals surface area contributed by atoms with Crippen LogP contribution in [0.4, 0.5) is 0 Å². The van der Waals surface area contributed by atoms with Gasteiger partial charge in [-0.2, -0.15) is 0 Å². The van der Waals surface area contributed by atoms with E-state index in [1.165, 1.54) is 12.8 Å². The van der Waals surface area contributed by atoms with Gasteiger partial charge in [0.05, 0.1) is 16.6 Å². The molecule has 7 heteroatoms. The van der Waals surface area contributed by atoms with Crippen LogP contribution < -0.4 is 10.6 Å². The fourth-order valence-corrected chi connectivity index (χ4v) is 4.86. The lowest BCUT2D eigenvalue weighted by atomic mass is 9.89. The van der Waals surface area contributed by atoms with Gasteiger partial charge in [-0.3, -0.25) is 4.79 Å². The maximum absolute atomic E-state index is 13.3. The lowest BCUT2D eigenvalue weighted by Crippen LogP contribution is -2.48. The molecule has 1 aliphatic carbocycles. The summed E-state index contributed by atoms with van der Waals surface area (Å²) in [5, 5.41) is 12.1. The van der Waals surface area contributed by atoms with Gasteiger partial charge >= 0.3 is 0 Å². The molecule has 2 saturated heterocycles. The van der Waals surface area contributed by atoms with Gasteiger partial charge in [0.2, 0.25) is 0 Å². The first-order valence-corrected chi connectivity index (χ1v) is 10.7. The second kappa shape index (κ2) is 7.55. The fraction of sp³-hybridized carbons (Fsp3) is 0.682. The fourth-order valence-electron chi connectivity index (χ4n) is 4.86. The van der Waals surface area contributed by atoms with Crippen LogP contribution in [0.25, 0.3) is 11.1 Å². The molecule has 4 heterocycles. The van der Waals surface area contributed by atoms with Gasteiger partial charge in [-0.1, -0.05) is 25.9 Å². The topological polar surface area (TPSA) is 80.0 Å².